The minimum Gasteiger partial charge on any atom is -0.488 e. The number of hydrogen-bond acceptors (Lipinski definition) is 5. The lowest BCUT2D eigenvalue weighted by Gasteiger charge is -2.11. The molecule has 1 fully saturated rings. The lowest BCUT2D eigenvalue weighted by atomic mass is 10.2. The molecule has 0 spiro atoms. The first kappa shape index (κ1) is 12.6. The second-order valence-electron chi connectivity index (χ2n) is 4.13. The lowest BCUT2D eigenvalue weighted by molar-refractivity contribution is -0.384. The van der Waals surface area contributed by atoms with Crippen LogP contribution in [0.15, 0.2) is 18.2 Å². The van der Waals surface area contributed by atoms with Gasteiger partial charge in [-0.25, -0.2) is 8.42 Å². The summed E-state index contributed by atoms with van der Waals surface area (Å²) in [5.41, 5.74) is -0.0945. The molecule has 0 unspecified atom stereocenters. The fraction of sp³-hybridized carbons (Fsp3) is 0.400. The molecule has 8 heteroatoms. The number of rotatable bonds is 5. The molecule has 0 heterocycles. The quantitative estimate of drug-likeness (QED) is 0.647. The Balaban J connectivity index is 2.35. The molecule has 0 aliphatic heterocycles. The monoisotopic (exact) mass is 272 g/mol. The van der Waals surface area contributed by atoms with Gasteiger partial charge in [0.25, 0.3) is 5.69 Å². The molecule has 18 heavy (non-hydrogen) atoms. The van der Waals surface area contributed by atoms with Gasteiger partial charge in [-0.3, -0.25) is 14.8 Å². The molecule has 98 valence electrons. The summed E-state index contributed by atoms with van der Waals surface area (Å²) in [4.78, 5) is 10.1. The fourth-order valence-electron chi connectivity index (χ4n) is 1.38. The summed E-state index contributed by atoms with van der Waals surface area (Å²) in [6, 6.07) is 3.84. The standard InChI is InChI=1S/C10H12N2O5S/c1-18(15,16)11-9-6-7(12(13)14)2-5-10(9)17-8-3-4-8/h2,5-6,8,11H,3-4H2,1H3. The van der Waals surface area contributed by atoms with Crippen molar-refractivity contribution in [3.05, 3.63) is 28.3 Å². The average Bonchev–Trinajstić information content (AvgIpc) is 3.02. The number of nitro groups is 1. The van der Waals surface area contributed by atoms with E-state index in [1.165, 1.54) is 12.1 Å². The Morgan fingerprint density at radius 2 is 2.11 bits per heavy atom. The second-order valence-corrected chi connectivity index (χ2v) is 5.88. The van der Waals surface area contributed by atoms with Crippen molar-refractivity contribution in [3.8, 4) is 5.75 Å². The predicted octanol–water partition coefficient (Wildman–Crippen LogP) is 1.51. The van der Waals surface area contributed by atoms with E-state index in [-0.39, 0.29) is 17.5 Å². The normalized spacial score (nSPS) is 15.2. The van der Waals surface area contributed by atoms with Crippen LogP contribution in [0.2, 0.25) is 0 Å². The van der Waals surface area contributed by atoms with Gasteiger partial charge in [0.1, 0.15) is 5.75 Å². The molecule has 1 aliphatic carbocycles. The smallest absolute Gasteiger partial charge is 0.271 e. The largest absolute Gasteiger partial charge is 0.488 e. The van der Waals surface area contributed by atoms with E-state index in [9.17, 15) is 18.5 Å². The Kier molecular flexibility index (Phi) is 3.12. The number of nitro benzene ring substituents is 1. The van der Waals surface area contributed by atoms with Crippen molar-refractivity contribution in [2.75, 3.05) is 11.0 Å². The molecule has 7 nitrogen and oxygen atoms in total. The molecule has 1 N–H and O–H groups in total. The van der Waals surface area contributed by atoms with Crippen LogP contribution in [0.4, 0.5) is 11.4 Å². The van der Waals surface area contributed by atoms with E-state index in [1.807, 2.05) is 0 Å². The number of sulfonamides is 1. The van der Waals surface area contributed by atoms with Crippen LogP contribution in [0.5, 0.6) is 5.75 Å². The number of nitrogens with one attached hydrogen (secondary N) is 1. The van der Waals surface area contributed by atoms with Gasteiger partial charge in [-0.2, -0.15) is 0 Å². The van der Waals surface area contributed by atoms with E-state index in [0.717, 1.165) is 25.2 Å². The summed E-state index contributed by atoms with van der Waals surface area (Å²) in [5, 5.41) is 10.7. The van der Waals surface area contributed by atoms with Crippen molar-refractivity contribution in [1.82, 2.24) is 0 Å². The molecule has 0 saturated heterocycles. The SMILES string of the molecule is CS(=O)(=O)Nc1cc([N+](=O)[O-])ccc1OC1CC1. The summed E-state index contributed by atoms with van der Waals surface area (Å²) >= 11 is 0. The predicted molar refractivity (Wildman–Crippen MR) is 65.2 cm³/mol. The minimum atomic E-state index is -3.51. The van der Waals surface area contributed by atoms with Crippen LogP contribution in [-0.2, 0) is 10.0 Å². The number of benzene rings is 1. The van der Waals surface area contributed by atoms with Gasteiger partial charge in [-0.05, 0) is 18.9 Å². The summed E-state index contributed by atoms with van der Waals surface area (Å²) in [7, 11) is -3.51. The van der Waals surface area contributed by atoms with E-state index in [2.05, 4.69) is 4.72 Å². The van der Waals surface area contributed by atoms with Gasteiger partial charge in [0, 0.05) is 12.1 Å². The Hall–Kier alpha value is -1.83. The number of anilines is 1. The van der Waals surface area contributed by atoms with Crippen LogP contribution in [0, 0.1) is 10.1 Å². The summed E-state index contributed by atoms with van der Waals surface area (Å²) in [6.45, 7) is 0. The summed E-state index contributed by atoms with van der Waals surface area (Å²) in [6.07, 6.45) is 2.88. The van der Waals surface area contributed by atoms with Crippen LogP contribution in [-0.4, -0.2) is 25.7 Å². The minimum absolute atomic E-state index is 0.0755. The van der Waals surface area contributed by atoms with Gasteiger partial charge in [-0.15, -0.1) is 0 Å². The van der Waals surface area contributed by atoms with Crippen LogP contribution in [0.3, 0.4) is 0 Å². The third-order valence-corrected chi connectivity index (χ3v) is 2.88. The van der Waals surface area contributed by atoms with Crippen molar-refractivity contribution in [3.63, 3.8) is 0 Å². The van der Waals surface area contributed by atoms with E-state index in [4.69, 9.17) is 4.74 Å². The van der Waals surface area contributed by atoms with Crippen molar-refractivity contribution >= 4 is 21.4 Å². The van der Waals surface area contributed by atoms with E-state index in [1.54, 1.807) is 0 Å². The highest BCUT2D eigenvalue weighted by Gasteiger charge is 2.25. The molecule has 2 rings (SSSR count). The van der Waals surface area contributed by atoms with Crippen LogP contribution >= 0.6 is 0 Å². The molecular formula is C10H12N2O5S. The number of hydrogen-bond donors (Lipinski definition) is 1. The van der Waals surface area contributed by atoms with Gasteiger partial charge in [0.2, 0.25) is 10.0 Å². The Morgan fingerprint density at radius 3 is 2.61 bits per heavy atom. The zero-order chi connectivity index (χ0) is 13.3. The first-order chi connectivity index (χ1) is 8.35. The molecule has 0 atom stereocenters. The van der Waals surface area contributed by atoms with Gasteiger partial charge in [0.05, 0.1) is 23.0 Å². The van der Waals surface area contributed by atoms with E-state index < -0.39 is 14.9 Å². The highest BCUT2D eigenvalue weighted by Crippen LogP contribution is 2.34. The number of nitrogens with zero attached hydrogens (tertiary/aromatic N) is 1. The third kappa shape index (κ3) is 3.33. The van der Waals surface area contributed by atoms with Crippen molar-refractivity contribution in [2.45, 2.75) is 18.9 Å². The number of non-ortho nitro benzene ring substituents is 1. The van der Waals surface area contributed by atoms with E-state index in [0.29, 0.717) is 5.75 Å². The first-order valence-electron chi connectivity index (χ1n) is 5.28. The molecule has 1 aromatic carbocycles. The molecule has 0 aromatic heterocycles. The zero-order valence-electron chi connectivity index (χ0n) is 9.62. The average molecular weight is 272 g/mol. The topological polar surface area (TPSA) is 98.5 Å². The first-order valence-corrected chi connectivity index (χ1v) is 7.17. The van der Waals surface area contributed by atoms with Crippen molar-refractivity contribution in [1.29, 1.82) is 0 Å². The van der Waals surface area contributed by atoms with Gasteiger partial charge >= 0.3 is 0 Å². The van der Waals surface area contributed by atoms with Gasteiger partial charge in [-0.1, -0.05) is 0 Å². The second kappa shape index (κ2) is 4.45. The van der Waals surface area contributed by atoms with Crippen LogP contribution in [0.1, 0.15) is 12.8 Å². The molecule has 1 aromatic rings. The number of ether oxygens (including phenoxy) is 1. The van der Waals surface area contributed by atoms with Crippen molar-refractivity contribution in [2.24, 2.45) is 0 Å². The van der Waals surface area contributed by atoms with Crippen molar-refractivity contribution < 1.29 is 18.1 Å². The maximum absolute atomic E-state index is 11.2. The molecule has 0 bridgehead atoms. The zero-order valence-corrected chi connectivity index (χ0v) is 10.4. The van der Waals surface area contributed by atoms with E-state index >= 15 is 0 Å². The maximum Gasteiger partial charge on any atom is 0.271 e. The van der Waals surface area contributed by atoms with Crippen LogP contribution < -0.4 is 9.46 Å². The third-order valence-electron chi connectivity index (χ3n) is 2.29. The van der Waals surface area contributed by atoms with Crippen LogP contribution in [0.25, 0.3) is 0 Å². The molecular weight excluding hydrogens is 260 g/mol. The lowest BCUT2D eigenvalue weighted by Crippen LogP contribution is -2.11. The maximum atomic E-state index is 11.2. The Labute approximate surface area is 104 Å². The molecule has 1 aliphatic rings. The summed E-state index contributed by atoms with van der Waals surface area (Å²) in [5.74, 6) is 0.313. The molecule has 0 amide bonds. The highest BCUT2D eigenvalue weighted by atomic mass is 32.2. The molecule has 1 saturated carbocycles. The molecule has 0 radical (unpaired) electrons. The fourth-order valence-corrected chi connectivity index (χ4v) is 1.94. The Morgan fingerprint density at radius 1 is 1.44 bits per heavy atom. The highest BCUT2D eigenvalue weighted by molar-refractivity contribution is 7.92. The Bertz CT molecular complexity index is 580. The van der Waals surface area contributed by atoms with Gasteiger partial charge in [0.15, 0.2) is 0 Å². The van der Waals surface area contributed by atoms with Gasteiger partial charge < -0.3 is 4.74 Å². The summed E-state index contributed by atoms with van der Waals surface area (Å²) < 4.78 is 30.1.